The molecule has 0 unspecified atom stereocenters. The molecule has 7 heteroatoms. The lowest BCUT2D eigenvalue weighted by Crippen LogP contribution is -1.96. The third-order valence-corrected chi connectivity index (χ3v) is 1.51. The maximum absolute atomic E-state index is 13.2. The minimum Gasteiger partial charge on any atom is -0.467 e. The Bertz CT molecular complexity index is 431. The largest absolute Gasteiger partial charge is 0.467 e. The zero-order chi connectivity index (χ0) is 9.97. The molecular formula is C7H5FN4O2. The van der Waals surface area contributed by atoms with Crippen molar-refractivity contribution >= 4 is 0 Å². The Morgan fingerprint density at radius 2 is 2.29 bits per heavy atom. The van der Waals surface area contributed by atoms with Gasteiger partial charge < -0.3 is 4.74 Å². The van der Waals surface area contributed by atoms with E-state index in [9.17, 15) is 4.39 Å². The Balaban J connectivity index is 2.51. The molecule has 0 saturated carbocycles. The molecule has 0 aliphatic carbocycles. The molecular weight excluding hydrogens is 191 g/mol. The summed E-state index contributed by atoms with van der Waals surface area (Å²) < 4.78 is 22.2. The van der Waals surface area contributed by atoms with Gasteiger partial charge in [-0.3, -0.25) is 0 Å². The monoisotopic (exact) mass is 196 g/mol. The van der Waals surface area contributed by atoms with Crippen LogP contribution in [0.15, 0.2) is 17.0 Å². The van der Waals surface area contributed by atoms with Crippen LogP contribution in [0.2, 0.25) is 0 Å². The fourth-order valence-corrected chi connectivity index (χ4v) is 0.898. The van der Waals surface area contributed by atoms with Gasteiger partial charge in [0.2, 0.25) is 0 Å². The summed E-state index contributed by atoms with van der Waals surface area (Å²) >= 11 is 0. The summed E-state index contributed by atoms with van der Waals surface area (Å²) in [6.07, 6.45) is 2.25. The SMILES string of the molecule is COc1ncc(F)c(-c2cnon2)n1. The predicted molar refractivity (Wildman–Crippen MR) is 41.8 cm³/mol. The van der Waals surface area contributed by atoms with Crippen LogP contribution in [0, 0.1) is 5.82 Å². The number of methoxy groups -OCH3 is 1. The Kier molecular flexibility index (Phi) is 2.05. The van der Waals surface area contributed by atoms with Gasteiger partial charge in [-0.15, -0.1) is 0 Å². The molecule has 72 valence electrons. The highest BCUT2D eigenvalue weighted by Crippen LogP contribution is 2.18. The number of rotatable bonds is 2. The van der Waals surface area contributed by atoms with E-state index in [1.54, 1.807) is 0 Å². The maximum atomic E-state index is 13.2. The smallest absolute Gasteiger partial charge is 0.316 e. The number of hydrogen-bond donors (Lipinski definition) is 0. The molecule has 0 N–H and O–H groups in total. The number of ether oxygens (including phenoxy) is 1. The standard InChI is InChI=1S/C7H5FN4O2/c1-13-7-9-2-4(8)6(11-7)5-3-10-14-12-5/h2-3H,1H3. The average Bonchev–Trinajstić information content (AvgIpc) is 2.71. The molecule has 0 aliphatic heterocycles. The van der Waals surface area contributed by atoms with Gasteiger partial charge in [0, 0.05) is 0 Å². The van der Waals surface area contributed by atoms with Gasteiger partial charge in [-0.2, -0.15) is 4.98 Å². The van der Waals surface area contributed by atoms with E-state index < -0.39 is 5.82 Å². The van der Waals surface area contributed by atoms with Crippen molar-refractivity contribution in [1.82, 2.24) is 20.3 Å². The van der Waals surface area contributed by atoms with Crippen LogP contribution in [0.1, 0.15) is 0 Å². The normalized spacial score (nSPS) is 10.1. The van der Waals surface area contributed by atoms with Crippen LogP contribution >= 0.6 is 0 Å². The third kappa shape index (κ3) is 1.39. The maximum Gasteiger partial charge on any atom is 0.316 e. The van der Waals surface area contributed by atoms with Crippen LogP contribution in [0.25, 0.3) is 11.4 Å². The first-order valence-corrected chi connectivity index (χ1v) is 3.65. The minimum absolute atomic E-state index is 0.00176. The van der Waals surface area contributed by atoms with Crippen molar-refractivity contribution in [2.24, 2.45) is 0 Å². The van der Waals surface area contributed by atoms with E-state index in [1.165, 1.54) is 13.3 Å². The topological polar surface area (TPSA) is 73.9 Å². The lowest BCUT2D eigenvalue weighted by Gasteiger charge is -1.99. The second-order valence-corrected chi connectivity index (χ2v) is 2.35. The van der Waals surface area contributed by atoms with E-state index in [4.69, 9.17) is 4.74 Å². The number of nitrogens with zero attached hydrogens (tertiary/aromatic N) is 4. The van der Waals surface area contributed by atoms with Crippen molar-refractivity contribution in [3.05, 3.63) is 18.2 Å². The van der Waals surface area contributed by atoms with Gasteiger partial charge in [0.1, 0.15) is 11.9 Å². The zero-order valence-electron chi connectivity index (χ0n) is 7.14. The van der Waals surface area contributed by atoms with Crippen molar-refractivity contribution < 1.29 is 13.8 Å². The molecule has 0 amide bonds. The molecule has 0 bridgehead atoms. The minimum atomic E-state index is -0.610. The molecule has 2 aromatic rings. The fraction of sp³-hybridized carbons (Fsp3) is 0.143. The molecule has 0 aromatic carbocycles. The van der Waals surface area contributed by atoms with E-state index >= 15 is 0 Å². The van der Waals surface area contributed by atoms with Gasteiger partial charge in [0.15, 0.2) is 11.5 Å². The molecule has 14 heavy (non-hydrogen) atoms. The van der Waals surface area contributed by atoms with Gasteiger partial charge in [-0.25, -0.2) is 14.0 Å². The van der Waals surface area contributed by atoms with E-state index in [2.05, 4.69) is 24.9 Å². The molecule has 0 radical (unpaired) electrons. The molecule has 0 atom stereocenters. The average molecular weight is 196 g/mol. The number of hydrogen-bond acceptors (Lipinski definition) is 6. The van der Waals surface area contributed by atoms with Crippen LogP contribution in [-0.4, -0.2) is 27.4 Å². The van der Waals surface area contributed by atoms with Crippen LogP contribution in [0.3, 0.4) is 0 Å². The second kappa shape index (κ2) is 3.36. The van der Waals surface area contributed by atoms with Crippen molar-refractivity contribution in [1.29, 1.82) is 0 Å². The first-order chi connectivity index (χ1) is 6.81. The van der Waals surface area contributed by atoms with Gasteiger partial charge in [0.05, 0.1) is 13.3 Å². The predicted octanol–water partition coefficient (Wildman–Crippen LogP) is 0.674. The number of halogens is 1. The second-order valence-electron chi connectivity index (χ2n) is 2.35. The van der Waals surface area contributed by atoms with E-state index in [0.717, 1.165) is 6.20 Å². The van der Waals surface area contributed by atoms with E-state index in [0.29, 0.717) is 0 Å². The summed E-state index contributed by atoms with van der Waals surface area (Å²) in [4.78, 5) is 7.34. The Labute approximate surface area is 77.7 Å². The lowest BCUT2D eigenvalue weighted by molar-refractivity contribution is 0.308. The zero-order valence-corrected chi connectivity index (χ0v) is 7.14. The highest BCUT2D eigenvalue weighted by Gasteiger charge is 2.12. The summed E-state index contributed by atoms with van der Waals surface area (Å²) in [5, 5.41) is 6.79. The van der Waals surface area contributed by atoms with Crippen LogP contribution in [-0.2, 0) is 0 Å². The van der Waals surface area contributed by atoms with Gasteiger partial charge >= 0.3 is 6.01 Å². The summed E-state index contributed by atoms with van der Waals surface area (Å²) in [5.74, 6) is -0.610. The number of aromatic nitrogens is 4. The van der Waals surface area contributed by atoms with Gasteiger partial charge in [-0.05, 0) is 5.16 Å². The van der Waals surface area contributed by atoms with Gasteiger partial charge in [0.25, 0.3) is 0 Å². The molecule has 2 aromatic heterocycles. The third-order valence-electron chi connectivity index (χ3n) is 1.51. The molecule has 2 heterocycles. The Morgan fingerprint density at radius 3 is 2.93 bits per heavy atom. The van der Waals surface area contributed by atoms with Crippen molar-refractivity contribution in [3.63, 3.8) is 0 Å². The highest BCUT2D eigenvalue weighted by molar-refractivity contribution is 5.52. The molecule has 2 rings (SSSR count). The van der Waals surface area contributed by atoms with Crippen LogP contribution < -0.4 is 4.74 Å². The van der Waals surface area contributed by atoms with Crippen molar-refractivity contribution in [2.75, 3.05) is 7.11 Å². The molecule has 0 aliphatic rings. The first kappa shape index (κ1) is 8.54. The molecule has 0 fully saturated rings. The molecule has 6 nitrogen and oxygen atoms in total. The van der Waals surface area contributed by atoms with Crippen molar-refractivity contribution in [3.8, 4) is 17.4 Å². The molecule has 0 saturated heterocycles. The summed E-state index contributed by atoms with van der Waals surface area (Å²) in [6, 6.07) is 0.0596. The quantitative estimate of drug-likeness (QED) is 0.702. The van der Waals surface area contributed by atoms with E-state index in [-0.39, 0.29) is 17.4 Å². The summed E-state index contributed by atoms with van der Waals surface area (Å²) in [6.45, 7) is 0. The fourth-order valence-electron chi connectivity index (χ4n) is 0.898. The van der Waals surface area contributed by atoms with Gasteiger partial charge in [-0.1, -0.05) is 5.16 Å². The summed E-state index contributed by atoms with van der Waals surface area (Å²) in [5.41, 5.74) is 0.196. The Hall–Kier alpha value is -2.05. The first-order valence-electron chi connectivity index (χ1n) is 3.65. The Morgan fingerprint density at radius 1 is 1.43 bits per heavy atom. The van der Waals surface area contributed by atoms with Crippen molar-refractivity contribution in [2.45, 2.75) is 0 Å². The highest BCUT2D eigenvalue weighted by atomic mass is 19.1. The lowest BCUT2D eigenvalue weighted by atomic mass is 10.3. The van der Waals surface area contributed by atoms with E-state index in [1.807, 2.05) is 0 Å². The molecule has 0 spiro atoms. The summed E-state index contributed by atoms with van der Waals surface area (Å²) in [7, 11) is 1.39. The van der Waals surface area contributed by atoms with Crippen LogP contribution in [0.4, 0.5) is 4.39 Å². The van der Waals surface area contributed by atoms with Crippen LogP contribution in [0.5, 0.6) is 6.01 Å².